The van der Waals surface area contributed by atoms with Crippen molar-refractivity contribution in [3.63, 3.8) is 0 Å². The van der Waals surface area contributed by atoms with Crippen molar-refractivity contribution in [3.05, 3.63) is 60.7 Å². The molecule has 0 aliphatic carbocycles. The number of hydrogen-bond acceptors (Lipinski definition) is 6. The van der Waals surface area contributed by atoms with Crippen LogP contribution in [0.2, 0.25) is 0 Å². The van der Waals surface area contributed by atoms with E-state index in [0.717, 1.165) is 33.0 Å². The summed E-state index contributed by atoms with van der Waals surface area (Å²) in [6, 6.07) is 18.5. The van der Waals surface area contributed by atoms with Crippen LogP contribution in [0, 0.1) is 0 Å². The maximum absolute atomic E-state index is 6.44. The summed E-state index contributed by atoms with van der Waals surface area (Å²) in [6.07, 6.45) is 0. The predicted octanol–water partition coefficient (Wildman–Crippen LogP) is 3.67. The highest BCUT2D eigenvalue weighted by atomic mass is 14.6. The van der Waals surface area contributed by atoms with Gasteiger partial charge in [-0.25, -0.2) is 0 Å². The fourth-order valence-electron chi connectivity index (χ4n) is 3.57. The summed E-state index contributed by atoms with van der Waals surface area (Å²) < 4.78 is 0. The minimum absolute atomic E-state index is 0.541. The Hall–Kier alpha value is -4.06. The van der Waals surface area contributed by atoms with E-state index in [1.54, 1.807) is 12.1 Å². The lowest BCUT2D eigenvalue weighted by Crippen LogP contribution is -2.01. The summed E-state index contributed by atoms with van der Waals surface area (Å²) in [7, 11) is 0. The molecule has 0 heterocycles. The van der Waals surface area contributed by atoms with Crippen molar-refractivity contribution < 1.29 is 0 Å². The highest BCUT2D eigenvalue weighted by Gasteiger charge is 2.15. The van der Waals surface area contributed by atoms with Crippen LogP contribution in [-0.2, 0) is 0 Å². The van der Waals surface area contributed by atoms with Crippen LogP contribution in [0.15, 0.2) is 60.7 Å². The van der Waals surface area contributed by atoms with Crippen molar-refractivity contribution in [2.24, 2.45) is 0 Å². The minimum atomic E-state index is 0.541. The van der Waals surface area contributed by atoms with Crippen LogP contribution in [0.5, 0.6) is 0 Å². The summed E-state index contributed by atoms with van der Waals surface area (Å²) >= 11 is 0. The Morgan fingerprint density at radius 3 is 1.71 bits per heavy atom. The molecule has 0 aliphatic heterocycles. The molecule has 4 aromatic rings. The zero-order valence-electron chi connectivity index (χ0n) is 15.2. The van der Waals surface area contributed by atoms with Gasteiger partial charge in [-0.3, -0.25) is 0 Å². The lowest BCUT2D eigenvalue weighted by atomic mass is 9.93. The van der Waals surface area contributed by atoms with Gasteiger partial charge >= 0.3 is 0 Å². The standard InChI is InChI=1S/C22H22N6/c23-11-4-5-13(19(25)8-11)16-9-21(27)17(10-20(16)26)15-7-6-12-14(22(15)28)2-1-3-18(12)24/h1-10H,23-28H2. The molecule has 0 unspecified atom stereocenters. The molecule has 0 saturated heterocycles. The van der Waals surface area contributed by atoms with Crippen LogP contribution >= 0.6 is 0 Å². The number of nitrogen functional groups attached to an aromatic ring is 6. The molecule has 0 radical (unpaired) electrons. The number of hydrogen-bond donors (Lipinski definition) is 6. The van der Waals surface area contributed by atoms with Crippen LogP contribution in [0.4, 0.5) is 34.1 Å². The van der Waals surface area contributed by atoms with Gasteiger partial charge in [0.15, 0.2) is 0 Å². The monoisotopic (exact) mass is 370 g/mol. The van der Waals surface area contributed by atoms with Gasteiger partial charge in [-0.05, 0) is 30.3 Å². The molecule has 6 heteroatoms. The van der Waals surface area contributed by atoms with Crippen LogP contribution in [0.25, 0.3) is 33.0 Å². The third-order valence-corrected chi connectivity index (χ3v) is 5.01. The average molecular weight is 370 g/mol. The zero-order chi connectivity index (χ0) is 20.0. The fraction of sp³-hybridized carbons (Fsp3) is 0. The second kappa shape index (κ2) is 6.28. The molecule has 0 bridgehead atoms. The molecular formula is C22H22N6. The van der Waals surface area contributed by atoms with Gasteiger partial charge in [-0.1, -0.05) is 30.3 Å². The van der Waals surface area contributed by atoms with Crippen molar-refractivity contribution in [3.8, 4) is 22.3 Å². The van der Waals surface area contributed by atoms with E-state index < -0.39 is 0 Å². The molecular weight excluding hydrogens is 348 g/mol. The maximum Gasteiger partial charge on any atom is 0.0474 e. The number of nitrogens with two attached hydrogens (primary N) is 6. The molecule has 0 amide bonds. The zero-order valence-corrected chi connectivity index (χ0v) is 15.2. The number of fused-ring (bicyclic) bond motifs is 1. The first-order chi connectivity index (χ1) is 13.4. The molecule has 0 saturated carbocycles. The highest BCUT2D eigenvalue weighted by molar-refractivity contribution is 6.07. The SMILES string of the molecule is Nc1ccc(-c2cc(N)c(-c3ccc4c(N)cccc4c3N)cc2N)c(N)c1. The Bertz CT molecular complexity index is 1230. The smallest absolute Gasteiger partial charge is 0.0474 e. The van der Waals surface area contributed by atoms with E-state index in [4.69, 9.17) is 34.4 Å². The predicted molar refractivity (Wildman–Crippen MR) is 121 cm³/mol. The van der Waals surface area contributed by atoms with Gasteiger partial charge in [-0.15, -0.1) is 0 Å². The topological polar surface area (TPSA) is 156 Å². The van der Waals surface area contributed by atoms with Gasteiger partial charge in [0.05, 0.1) is 0 Å². The molecule has 140 valence electrons. The molecule has 28 heavy (non-hydrogen) atoms. The molecule has 4 rings (SSSR count). The van der Waals surface area contributed by atoms with E-state index in [2.05, 4.69) is 0 Å². The first kappa shape index (κ1) is 17.4. The maximum atomic E-state index is 6.44. The molecule has 0 fully saturated rings. The third kappa shape index (κ3) is 2.68. The molecule has 6 nitrogen and oxygen atoms in total. The largest absolute Gasteiger partial charge is 0.399 e. The first-order valence-electron chi connectivity index (χ1n) is 8.78. The third-order valence-electron chi connectivity index (χ3n) is 5.01. The van der Waals surface area contributed by atoms with Crippen molar-refractivity contribution >= 4 is 44.9 Å². The van der Waals surface area contributed by atoms with Crippen molar-refractivity contribution in [2.45, 2.75) is 0 Å². The van der Waals surface area contributed by atoms with Gasteiger partial charge in [0.25, 0.3) is 0 Å². The van der Waals surface area contributed by atoms with Gasteiger partial charge in [-0.2, -0.15) is 0 Å². The first-order valence-corrected chi connectivity index (χ1v) is 8.78. The van der Waals surface area contributed by atoms with E-state index in [1.807, 2.05) is 48.5 Å². The Balaban J connectivity index is 1.90. The van der Waals surface area contributed by atoms with Crippen molar-refractivity contribution in [2.75, 3.05) is 34.4 Å². The van der Waals surface area contributed by atoms with Crippen LogP contribution in [0.1, 0.15) is 0 Å². The summed E-state index contributed by atoms with van der Waals surface area (Å²) in [5.74, 6) is 0. The van der Waals surface area contributed by atoms with Crippen LogP contribution < -0.4 is 34.4 Å². The Kier molecular flexibility index (Phi) is 3.89. The number of benzene rings is 4. The summed E-state index contributed by atoms with van der Waals surface area (Å²) in [5, 5.41) is 1.78. The quantitative estimate of drug-likeness (QED) is 0.296. The molecule has 12 N–H and O–H groups in total. The van der Waals surface area contributed by atoms with Gasteiger partial charge in [0.2, 0.25) is 0 Å². The second-order valence-corrected chi connectivity index (χ2v) is 6.84. The second-order valence-electron chi connectivity index (χ2n) is 6.84. The number of rotatable bonds is 2. The average Bonchev–Trinajstić information content (AvgIpc) is 2.65. The van der Waals surface area contributed by atoms with E-state index in [1.165, 1.54) is 0 Å². The van der Waals surface area contributed by atoms with Crippen molar-refractivity contribution in [1.29, 1.82) is 0 Å². The summed E-state index contributed by atoms with van der Waals surface area (Å²) in [4.78, 5) is 0. The molecule has 0 atom stereocenters. The van der Waals surface area contributed by atoms with Gasteiger partial charge in [0.1, 0.15) is 0 Å². The molecule has 0 aromatic heterocycles. The van der Waals surface area contributed by atoms with E-state index in [9.17, 15) is 0 Å². The molecule has 4 aromatic carbocycles. The van der Waals surface area contributed by atoms with E-state index in [-0.39, 0.29) is 0 Å². The summed E-state index contributed by atoms with van der Waals surface area (Å²) in [6.45, 7) is 0. The Morgan fingerprint density at radius 1 is 0.429 bits per heavy atom. The fourth-order valence-corrected chi connectivity index (χ4v) is 3.57. The van der Waals surface area contributed by atoms with E-state index in [0.29, 0.717) is 34.1 Å². The lowest BCUT2D eigenvalue weighted by molar-refractivity contribution is 1.58. The highest BCUT2D eigenvalue weighted by Crippen LogP contribution is 2.41. The van der Waals surface area contributed by atoms with Crippen LogP contribution in [-0.4, -0.2) is 0 Å². The normalized spacial score (nSPS) is 11.0. The summed E-state index contributed by atoms with van der Waals surface area (Å²) in [5.41, 5.74) is 43.7. The van der Waals surface area contributed by atoms with E-state index >= 15 is 0 Å². The van der Waals surface area contributed by atoms with Crippen molar-refractivity contribution in [1.82, 2.24) is 0 Å². The van der Waals surface area contributed by atoms with Gasteiger partial charge in [0, 0.05) is 67.2 Å². The Labute approximate surface area is 162 Å². The lowest BCUT2D eigenvalue weighted by Gasteiger charge is -2.16. The molecule has 0 spiro atoms. The van der Waals surface area contributed by atoms with Crippen LogP contribution in [0.3, 0.4) is 0 Å². The minimum Gasteiger partial charge on any atom is -0.399 e. The number of anilines is 6. The Morgan fingerprint density at radius 2 is 1.04 bits per heavy atom. The van der Waals surface area contributed by atoms with Gasteiger partial charge < -0.3 is 34.4 Å². The molecule has 0 aliphatic rings.